The Hall–Kier alpha value is -3.72. The molecule has 1 N–H and O–H groups in total. The molecule has 3 aromatic rings. The van der Waals surface area contributed by atoms with Crippen LogP contribution in [0.4, 0.5) is 15.8 Å². The van der Waals surface area contributed by atoms with Crippen molar-refractivity contribution in [2.75, 3.05) is 9.80 Å². The molecular formula is C34H26Cl3FN2O5. The number of allylic oxidation sites excluding steroid dienone is 2. The number of nitrogens with zero attached hydrogens (tertiary/aromatic N) is 2. The van der Waals surface area contributed by atoms with Crippen LogP contribution in [0.2, 0.25) is 5.02 Å². The summed E-state index contributed by atoms with van der Waals surface area (Å²) >= 11 is 21.0. The minimum Gasteiger partial charge on any atom is -0.508 e. The first-order chi connectivity index (χ1) is 21.4. The molecule has 2 saturated heterocycles. The van der Waals surface area contributed by atoms with E-state index in [0.717, 1.165) is 29.0 Å². The lowest BCUT2D eigenvalue weighted by atomic mass is 9.56. The van der Waals surface area contributed by atoms with E-state index in [-0.39, 0.29) is 40.8 Å². The van der Waals surface area contributed by atoms with Gasteiger partial charge in [-0.2, -0.15) is 0 Å². The first-order valence-corrected chi connectivity index (χ1v) is 15.7. The van der Waals surface area contributed by atoms with Crippen LogP contribution in [0.25, 0.3) is 0 Å². The molecule has 4 aliphatic rings. The number of hydrogen-bond donors (Lipinski definition) is 1. The van der Waals surface area contributed by atoms with Gasteiger partial charge in [0.15, 0.2) is 9.75 Å². The highest BCUT2D eigenvalue weighted by Crippen LogP contribution is 2.66. The lowest BCUT2D eigenvalue weighted by molar-refractivity contribution is -0.125. The zero-order chi connectivity index (χ0) is 32.0. The standard InChI is InChI=1S/C34H26Cl3FN2O5/c1-2-17-3-8-20(9-4-17)39-29(42)23-13-12-22-25(27(23)30(39)43)16-33(36)31(44)40(21-10-6-19(38)7-11-21)32(45)34(33,37)28(22)24-15-18(35)5-14-26(24)41/h3-12,14-15,23,25,27-28,41H,2,13,16H2,1H3. The fourth-order valence-corrected chi connectivity index (χ4v) is 8.74. The van der Waals surface area contributed by atoms with Gasteiger partial charge in [0, 0.05) is 16.5 Å². The van der Waals surface area contributed by atoms with E-state index >= 15 is 0 Å². The molecule has 0 radical (unpaired) electrons. The normalized spacial score (nSPS) is 30.7. The number of halogens is 4. The van der Waals surface area contributed by atoms with Crippen molar-refractivity contribution >= 4 is 69.8 Å². The van der Waals surface area contributed by atoms with Crippen LogP contribution in [0.5, 0.6) is 5.75 Å². The minimum atomic E-state index is -2.17. The molecule has 11 heteroatoms. The van der Waals surface area contributed by atoms with Gasteiger partial charge in [0.2, 0.25) is 11.8 Å². The SMILES string of the molecule is CCc1ccc(N2C(=O)C3CC=C4C(CC5(Cl)C(=O)N(c6ccc(F)cc6)C(=O)C5(Cl)C4c4cc(Cl)ccc4O)C3C2=O)cc1. The van der Waals surface area contributed by atoms with Crippen molar-refractivity contribution in [3.8, 4) is 5.75 Å². The number of rotatable bonds is 4. The van der Waals surface area contributed by atoms with Crippen molar-refractivity contribution < 1.29 is 28.7 Å². The van der Waals surface area contributed by atoms with E-state index in [4.69, 9.17) is 34.8 Å². The van der Waals surface area contributed by atoms with Crippen LogP contribution in [-0.4, -0.2) is 38.5 Å². The second-order valence-corrected chi connectivity index (χ2v) is 13.7. The lowest BCUT2D eigenvalue weighted by Gasteiger charge is -2.50. The Morgan fingerprint density at radius 3 is 2.18 bits per heavy atom. The second-order valence-electron chi connectivity index (χ2n) is 12.0. The van der Waals surface area contributed by atoms with E-state index < -0.39 is 57.0 Å². The van der Waals surface area contributed by atoms with Gasteiger partial charge in [0.25, 0.3) is 11.8 Å². The number of fused-ring (bicyclic) bond motifs is 4. The first kappa shape index (κ1) is 30.0. The Labute approximate surface area is 273 Å². The number of phenolic OH excluding ortho intramolecular Hbond substituents is 1. The summed E-state index contributed by atoms with van der Waals surface area (Å²) in [5.74, 6) is -6.90. The number of carbonyl (C=O) groups is 4. The molecule has 4 amide bonds. The molecule has 6 unspecified atom stereocenters. The predicted octanol–water partition coefficient (Wildman–Crippen LogP) is 6.52. The molecule has 6 atom stereocenters. The molecule has 0 spiro atoms. The van der Waals surface area contributed by atoms with Gasteiger partial charge < -0.3 is 5.11 Å². The fourth-order valence-electron chi connectivity index (χ4n) is 7.64. The topological polar surface area (TPSA) is 95.0 Å². The van der Waals surface area contributed by atoms with Gasteiger partial charge in [-0.15, -0.1) is 23.2 Å². The highest BCUT2D eigenvalue weighted by Gasteiger charge is 2.77. The summed E-state index contributed by atoms with van der Waals surface area (Å²) in [7, 11) is 0. The Bertz CT molecular complexity index is 1830. The van der Waals surface area contributed by atoms with Crippen LogP contribution < -0.4 is 9.80 Å². The van der Waals surface area contributed by atoms with Crippen molar-refractivity contribution in [3.05, 3.63) is 100 Å². The molecule has 1 saturated carbocycles. The highest BCUT2D eigenvalue weighted by molar-refractivity contribution is 6.58. The number of anilines is 2. The van der Waals surface area contributed by atoms with Crippen molar-refractivity contribution in [1.82, 2.24) is 0 Å². The average molecular weight is 668 g/mol. The van der Waals surface area contributed by atoms with E-state index in [2.05, 4.69) is 0 Å². The molecule has 2 aliphatic carbocycles. The maximum atomic E-state index is 14.4. The number of aromatic hydroxyl groups is 1. The Kier molecular flexibility index (Phi) is 6.93. The van der Waals surface area contributed by atoms with E-state index in [1.165, 1.54) is 35.2 Å². The van der Waals surface area contributed by atoms with Crippen molar-refractivity contribution in [3.63, 3.8) is 0 Å². The molecule has 3 aromatic carbocycles. The number of aryl methyl sites for hydroxylation is 1. The minimum absolute atomic E-state index is 0.0681. The van der Waals surface area contributed by atoms with E-state index in [9.17, 15) is 28.7 Å². The van der Waals surface area contributed by atoms with Crippen LogP contribution in [0.1, 0.15) is 36.8 Å². The zero-order valence-corrected chi connectivity index (χ0v) is 26.1. The summed E-state index contributed by atoms with van der Waals surface area (Å²) in [6.07, 6.45) is 2.52. The number of hydrogen-bond acceptors (Lipinski definition) is 5. The summed E-state index contributed by atoms with van der Waals surface area (Å²) in [6, 6.07) is 16.2. The molecule has 3 fully saturated rings. The lowest BCUT2D eigenvalue weighted by Crippen LogP contribution is -2.60. The van der Waals surface area contributed by atoms with E-state index in [1.807, 2.05) is 19.1 Å². The van der Waals surface area contributed by atoms with E-state index in [1.54, 1.807) is 18.2 Å². The van der Waals surface area contributed by atoms with Crippen LogP contribution in [0.3, 0.4) is 0 Å². The van der Waals surface area contributed by atoms with Crippen molar-refractivity contribution in [2.24, 2.45) is 17.8 Å². The molecule has 0 aromatic heterocycles. The summed E-state index contributed by atoms with van der Waals surface area (Å²) in [5.41, 5.74) is 2.24. The maximum Gasteiger partial charge on any atom is 0.258 e. The molecule has 0 bridgehead atoms. The third-order valence-corrected chi connectivity index (χ3v) is 11.4. The maximum absolute atomic E-state index is 14.4. The molecule has 230 valence electrons. The molecule has 45 heavy (non-hydrogen) atoms. The summed E-state index contributed by atoms with van der Waals surface area (Å²) < 4.78 is 13.8. The first-order valence-electron chi connectivity index (χ1n) is 14.6. The van der Waals surface area contributed by atoms with Gasteiger partial charge in [-0.1, -0.05) is 42.3 Å². The van der Waals surface area contributed by atoms with Gasteiger partial charge in [-0.05, 0) is 85.3 Å². The van der Waals surface area contributed by atoms with Gasteiger partial charge in [0.05, 0.1) is 23.2 Å². The Morgan fingerprint density at radius 1 is 0.867 bits per heavy atom. The van der Waals surface area contributed by atoms with Gasteiger partial charge in [-0.3, -0.25) is 24.1 Å². The number of benzene rings is 3. The zero-order valence-electron chi connectivity index (χ0n) is 23.8. The third kappa shape index (κ3) is 4.08. The molecule has 2 aliphatic heterocycles. The van der Waals surface area contributed by atoms with Gasteiger partial charge in [0.1, 0.15) is 11.6 Å². The van der Waals surface area contributed by atoms with Crippen LogP contribution in [-0.2, 0) is 25.6 Å². The number of phenols is 1. The van der Waals surface area contributed by atoms with E-state index in [0.29, 0.717) is 11.3 Å². The molecule has 7 nitrogen and oxygen atoms in total. The second kappa shape index (κ2) is 10.4. The molecular weight excluding hydrogens is 642 g/mol. The number of carbonyl (C=O) groups excluding carboxylic acids is 4. The van der Waals surface area contributed by atoms with Crippen molar-refractivity contribution in [1.29, 1.82) is 0 Å². The summed E-state index contributed by atoms with van der Waals surface area (Å²) in [4.78, 5) is 54.4. The molecule has 7 rings (SSSR count). The van der Waals surface area contributed by atoms with Gasteiger partial charge >= 0.3 is 0 Å². The number of amides is 4. The third-order valence-electron chi connectivity index (χ3n) is 9.80. The molecule has 2 heterocycles. The number of imide groups is 2. The monoisotopic (exact) mass is 666 g/mol. The summed E-state index contributed by atoms with van der Waals surface area (Å²) in [5, 5.41) is 11.3. The average Bonchev–Trinajstić information content (AvgIpc) is 3.37. The van der Waals surface area contributed by atoms with Crippen LogP contribution in [0.15, 0.2) is 78.4 Å². The quantitative estimate of drug-likeness (QED) is 0.194. The Morgan fingerprint density at radius 2 is 1.51 bits per heavy atom. The number of alkyl halides is 2. The predicted molar refractivity (Wildman–Crippen MR) is 168 cm³/mol. The highest BCUT2D eigenvalue weighted by atomic mass is 35.5. The smallest absolute Gasteiger partial charge is 0.258 e. The Balaban J connectivity index is 1.39. The van der Waals surface area contributed by atoms with Gasteiger partial charge in [-0.25, -0.2) is 9.29 Å². The largest absolute Gasteiger partial charge is 0.508 e. The summed E-state index contributed by atoms with van der Waals surface area (Å²) in [6.45, 7) is 2.01. The fraction of sp³-hybridized carbons (Fsp3) is 0.294. The van der Waals surface area contributed by atoms with Crippen LogP contribution in [0, 0.1) is 23.6 Å². The van der Waals surface area contributed by atoms with Crippen molar-refractivity contribution in [2.45, 2.75) is 41.9 Å². The van der Waals surface area contributed by atoms with Crippen LogP contribution >= 0.6 is 34.8 Å².